The number of ether oxygens (including phenoxy) is 3. The second-order valence-corrected chi connectivity index (χ2v) is 10.8. The van der Waals surface area contributed by atoms with Gasteiger partial charge >= 0.3 is 0 Å². The summed E-state index contributed by atoms with van der Waals surface area (Å²) in [5, 5.41) is 8.14. The van der Waals surface area contributed by atoms with Gasteiger partial charge in [0, 0.05) is 35.0 Å². The molecule has 1 aromatic heterocycles. The lowest BCUT2D eigenvalue weighted by atomic mass is 10.1. The van der Waals surface area contributed by atoms with Crippen LogP contribution in [-0.2, 0) is 9.59 Å². The second-order valence-electron chi connectivity index (χ2n) is 9.96. The van der Waals surface area contributed by atoms with Crippen LogP contribution >= 0.6 is 11.3 Å². The van der Waals surface area contributed by atoms with Gasteiger partial charge in [0.05, 0.1) is 32.7 Å². The van der Waals surface area contributed by atoms with Gasteiger partial charge in [-0.2, -0.15) is 0 Å². The van der Waals surface area contributed by atoms with Crippen molar-refractivity contribution in [1.82, 2.24) is 4.98 Å². The summed E-state index contributed by atoms with van der Waals surface area (Å²) in [5.74, 6) is 0.781. The van der Waals surface area contributed by atoms with E-state index in [0.29, 0.717) is 63.4 Å². The number of hydrogen-bond acceptors (Lipinski definition) is 9. The van der Waals surface area contributed by atoms with Gasteiger partial charge in [-0.05, 0) is 61.4 Å². The highest BCUT2D eigenvalue weighted by atomic mass is 32.1. The molecule has 0 aliphatic heterocycles. The van der Waals surface area contributed by atoms with Crippen LogP contribution in [0.15, 0.2) is 66.0 Å². The molecular formula is C33H36N4O6S. The summed E-state index contributed by atoms with van der Waals surface area (Å²) in [4.78, 5) is 42.3. The molecule has 10 nitrogen and oxygen atoms in total. The van der Waals surface area contributed by atoms with Crippen LogP contribution in [0, 0.1) is 0 Å². The number of thiazole rings is 1. The molecule has 0 saturated heterocycles. The van der Waals surface area contributed by atoms with Gasteiger partial charge in [-0.1, -0.05) is 25.0 Å². The van der Waals surface area contributed by atoms with Crippen molar-refractivity contribution in [2.24, 2.45) is 0 Å². The molecule has 0 spiro atoms. The smallest absolute Gasteiger partial charge is 0.224 e. The van der Waals surface area contributed by atoms with E-state index >= 15 is 0 Å². The predicted octanol–water partition coefficient (Wildman–Crippen LogP) is 6.57. The molecule has 0 atom stereocenters. The van der Waals surface area contributed by atoms with Gasteiger partial charge < -0.3 is 30.6 Å². The number of nitrogens with one attached hydrogen (secondary N) is 2. The van der Waals surface area contributed by atoms with Crippen molar-refractivity contribution >= 4 is 46.0 Å². The molecule has 230 valence electrons. The van der Waals surface area contributed by atoms with Gasteiger partial charge in [0.15, 0.2) is 11.5 Å². The van der Waals surface area contributed by atoms with Crippen LogP contribution in [0.2, 0.25) is 0 Å². The van der Waals surface area contributed by atoms with Crippen LogP contribution in [0.3, 0.4) is 0 Å². The maximum Gasteiger partial charge on any atom is 0.224 e. The third-order valence-electron chi connectivity index (χ3n) is 6.87. The zero-order valence-electron chi connectivity index (χ0n) is 25.0. The topological polar surface area (TPSA) is 142 Å². The molecule has 0 radical (unpaired) electrons. The van der Waals surface area contributed by atoms with E-state index in [1.54, 1.807) is 29.6 Å². The Labute approximate surface area is 260 Å². The van der Waals surface area contributed by atoms with Crippen molar-refractivity contribution in [3.63, 3.8) is 0 Å². The SMILES string of the molecule is COc1cc(C(=O)c2csc(-c3ccc(NC(=O)CCCCCCC(=O)Nc4ccccc4N)cc3)n2)cc(OC)c1OC. The number of aromatic nitrogens is 1. The quantitative estimate of drug-likeness (QED) is 0.0774. The number of hydrogen-bond donors (Lipinski definition) is 3. The van der Waals surface area contributed by atoms with E-state index in [-0.39, 0.29) is 17.6 Å². The number of ketones is 1. The standard InChI is InChI=1S/C33H36N4O6S/c1-41-27-18-22(19-28(42-2)32(27)43-3)31(40)26-20-44-33(37-26)21-14-16-23(17-15-21)35-29(38)12-6-4-5-7-13-30(39)36-25-11-9-8-10-24(25)34/h8-11,14-20H,4-7,12-13,34H2,1-3H3,(H,35,38)(H,36,39). The molecule has 1 heterocycles. The van der Waals surface area contributed by atoms with E-state index in [2.05, 4.69) is 15.6 Å². The number of unbranched alkanes of at least 4 members (excludes halogenated alkanes) is 3. The molecule has 0 saturated carbocycles. The molecular weight excluding hydrogens is 580 g/mol. The Bertz CT molecular complexity index is 1580. The average molecular weight is 617 g/mol. The Morgan fingerprint density at radius 3 is 2.00 bits per heavy atom. The minimum atomic E-state index is -0.267. The molecule has 4 aromatic rings. The highest BCUT2D eigenvalue weighted by molar-refractivity contribution is 7.13. The van der Waals surface area contributed by atoms with Crippen molar-refractivity contribution in [3.05, 3.63) is 77.3 Å². The van der Waals surface area contributed by atoms with E-state index < -0.39 is 0 Å². The van der Waals surface area contributed by atoms with Crippen LogP contribution in [0.1, 0.15) is 54.6 Å². The molecule has 3 aromatic carbocycles. The number of carbonyl (C=O) groups is 3. The number of para-hydroxylation sites is 2. The molecule has 0 fully saturated rings. The predicted molar refractivity (Wildman–Crippen MR) is 173 cm³/mol. The first-order chi connectivity index (χ1) is 21.3. The monoisotopic (exact) mass is 616 g/mol. The van der Waals surface area contributed by atoms with E-state index in [9.17, 15) is 14.4 Å². The first-order valence-electron chi connectivity index (χ1n) is 14.2. The highest BCUT2D eigenvalue weighted by Gasteiger charge is 2.20. The summed E-state index contributed by atoms with van der Waals surface area (Å²) in [6.07, 6.45) is 4.00. The first kappa shape index (κ1) is 32.0. The Morgan fingerprint density at radius 1 is 0.795 bits per heavy atom. The highest BCUT2D eigenvalue weighted by Crippen LogP contribution is 2.39. The molecule has 11 heteroatoms. The third kappa shape index (κ3) is 8.35. The summed E-state index contributed by atoms with van der Waals surface area (Å²) in [6.45, 7) is 0. The van der Waals surface area contributed by atoms with E-state index in [4.69, 9.17) is 19.9 Å². The number of nitrogen functional groups attached to an aromatic ring is 1. The molecule has 2 amide bonds. The third-order valence-corrected chi connectivity index (χ3v) is 7.76. The summed E-state index contributed by atoms with van der Waals surface area (Å²) in [5.41, 5.74) is 9.21. The second kappa shape index (κ2) is 15.5. The zero-order chi connectivity index (χ0) is 31.5. The van der Waals surface area contributed by atoms with Gasteiger partial charge in [0.1, 0.15) is 10.7 Å². The number of amides is 2. The normalized spacial score (nSPS) is 10.6. The lowest BCUT2D eigenvalue weighted by Crippen LogP contribution is -2.12. The maximum absolute atomic E-state index is 13.2. The molecule has 4 N–H and O–H groups in total. The minimum absolute atomic E-state index is 0.0665. The molecule has 4 rings (SSSR count). The minimum Gasteiger partial charge on any atom is -0.493 e. The van der Waals surface area contributed by atoms with Crippen LogP contribution in [0.4, 0.5) is 17.1 Å². The number of anilines is 3. The van der Waals surface area contributed by atoms with Crippen molar-refractivity contribution < 1.29 is 28.6 Å². The number of carbonyl (C=O) groups excluding carboxylic acids is 3. The van der Waals surface area contributed by atoms with Crippen LogP contribution in [0.25, 0.3) is 10.6 Å². The average Bonchev–Trinajstić information content (AvgIpc) is 3.53. The van der Waals surface area contributed by atoms with Crippen molar-refractivity contribution in [2.45, 2.75) is 38.5 Å². The van der Waals surface area contributed by atoms with Crippen LogP contribution in [0.5, 0.6) is 17.2 Å². The van der Waals surface area contributed by atoms with E-state index in [1.165, 1.54) is 32.7 Å². The summed E-state index contributed by atoms with van der Waals surface area (Å²) < 4.78 is 16.1. The fourth-order valence-electron chi connectivity index (χ4n) is 4.54. The number of methoxy groups -OCH3 is 3. The van der Waals surface area contributed by atoms with E-state index in [0.717, 1.165) is 31.2 Å². The molecule has 44 heavy (non-hydrogen) atoms. The van der Waals surface area contributed by atoms with Crippen molar-refractivity contribution in [2.75, 3.05) is 37.7 Å². The summed E-state index contributed by atoms with van der Waals surface area (Å²) in [7, 11) is 4.49. The fraction of sp³-hybridized carbons (Fsp3) is 0.273. The number of nitrogens with two attached hydrogens (primary N) is 1. The largest absolute Gasteiger partial charge is 0.493 e. The van der Waals surface area contributed by atoms with Crippen LogP contribution in [-0.4, -0.2) is 43.9 Å². The van der Waals surface area contributed by atoms with Gasteiger partial charge in [-0.3, -0.25) is 14.4 Å². The summed E-state index contributed by atoms with van der Waals surface area (Å²) >= 11 is 1.36. The zero-order valence-corrected chi connectivity index (χ0v) is 25.8. The Hall–Kier alpha value is -4.90. The summed E-state index contributed by atoms with van der Waals surface area (Å²) in [6, 6.07) is 17.7. The first-order valence-corrected chi connectivity index (χ1v) is 15.1. The number of rotatable bonds is 15. The fourth-order valence-corrected chi connectivity index (χ4v) is 5.34. The molecule has 0 aliphatic carbocycles. The van der Waals surface area contributed by atoms with Crippen molar-refractivity contribution in [1.29, 1.82) is 0 Å². The Kier molecular flexibility index (Phi) is 11.3. The van der Waals surface area contributed by atoms with Gasteiger partial charge in [0.25, 0.3) is 0 Å². The lowest BCUT2D eigenvalue weighted by Gasteiger charge is -2.13. The van der Waals surface area contributed by atoms with Gasteiger partial charge in [0.2, 0.25) is 23.3 Å². The number of nitrogens with zero attached hydrogens (tertiary/aromatic N) is 1. The Balaban J connectivity index is 1.22. The molecule has 0 aliphatic rings. The Morgan fingerprint density at radius 2 is 1.41 bits per heavy atom. The van der Waals surface area contributed by atoms with Crippen molar-refractivity contribution in [3.8, 4) is 27.8 Å². The van der Waals surface area contributed by atoms with Gasteiger partial charge in [-0.25, -0.2) is 4.98 Å². The maximum atomic E-state index is 13.2. The van der Waals surface area contributed by atoms with E-state index in [1.807, 2.05) is 36.4 Å². The molecule has 0 unspecified atom stereocenters. The van der Waals surface area contributed by atoms with Gasteiger partial charge in [-0.15, -0.1) is 11.3 Å². The lowest BCUT2D eigenvalue weighted by molar-refractivity contribution is -0.117. The number of benzene rings is 3. The van der Waals surface area contributed by atoms with Crippen LogP contribution < -0.4 is 30.6 Å². The molecule has 0 bridgehead atoms.